The standard InChI is InChI=1S/C21H32O4/c1-3-4-5-6-7-8-9-10-11-12-13-14-15-16-17-18-20(22)25-19(2)21(23)24/h4-5,7-8,10-11,13-14,19H,3,6,9,12,15-18H2,1-2H3,(H,23,24)/b5-4-,8-7-,11-10-,14-13-. The number of carbonyl (C=O) groups excluding carboxylic acids is 1. The fourth-order valence-corrected chi connectivity index (χ4v) is 1.94. The largest absolute Gasteiger partial charge is 0.479 e. The summed E-state index contributed by atoms with van der Waals surface area (Å²) in [5.74, 6) is -1.56. The predicted octanol–water partition coefficient (Wildman–Crippen LogP) is 5.37. The van der Waals surface area contributed by atoms with Crippen LogP contribution < -0.4 is 0 Å². The summed E-state index contributed by atoms with van der Waals surface area (Å²) in [6, 6.07) is 0. The lowest BCUT2D eigenvalue weighted by atomic mass is 10.2. The molecule has 0 saturated heterocycles. The van der Waals surface area contributed by atoms with Crippen molar-refractivity contribution in [3.05, 3.63) is 48.6 Å². The molecular weight excluding hydrogens is 316 g/mol. The van der Waals surface area contributed by atoms with Gasteiger partial charge < -0.3 is 9.84 Å². The fourth-order valence-electron chi connectivity index (χ4n) is 1.94. The van der Waals surface area contributed by atoms with Gasteiger partial charge in [-0.15, -0.1) is 0 Å². The molecule has 4 nitrogen and oxygen atoms in total. The van der Waals surface area contributed by atoms with Gasteiger partial charge in [0.15, 0.2) is 6.10 Å². The van der Waals surface area contributed by atoms with Gasteiger partial charge >= 0.3 is 11.9 Å². The SMILES string of the molecule is CC/C=C\C/C=C\C/C=C\C/C=C\CCCCC(=O)OC(C)C(=O)O. The van der Waals surface area contributed by atoms with Crippen LogP contribution in [0, 0.1) is 0 Å². The van der Waals surface area contributed by atoms with Crippen molar-refractivity contribution < 1.29 is 19.4 Å². The molecule has 0 heterocycles. The fraction of sp³-hybridized carbons (Fsp3) is 0.524. The molecular formula is C21H32O4. The molecule has 1 atom stereocenters. The molecule has 0 bridgehead atoms. The van der Waals surface area contributed by atoms with Gasteiger partial charge in [-0.25, -0.2) is 4.79 Å². The van der Waals surface area contributed by atoms with Crippen molar-refractivity contribution in [2.24, 2.45) is 0 Å². The van der Waals surface area contributed by atoms with Crippen LogP contribution in [-0.4, -0.2) is 23.1 Å². The van der Waals surface area contributed by atoms with E-state index in [0.717, 1.165) is 38.5 Å². The van der Waals surface area contributed by atoms with Gasteiger partial charge in [0, 0.05) is 6.42 Å². The second kappa shape index (κ2) is 16.7. The maximum Gasteiger partial charge on any atom is 0.344 e. The van der Waals surface area contributed by atoms with E-state index in [9.17, 15) is 9.59 Å². The topological polar surface area (TPSA) is 63.6 Å². The molecule has 1 N–H and O–H groups in total. The number of hydrogen-bond acceptors (Lipinski definition) is 3. The highest BCUT2D eigenvalue weighted by Gasteiger charge is 2.15. The van der Waals surface area contributed by atoms with Crippen LogP contribution in [0.15, 0.2) is 48.6 Å². The van der Waals surface area contributed by atoms with Gasteiger partial charge in [0.25, 0.3) is 0 Å². The lowest BCUT2D eigenvalue weighted by molar-refractivity contribution is -0.162. The molecule has 0 aliphatic rings. The molecule has 0 radical (unpaired) electrons. The van der Waals surface area contributed by atoms with Crippen molar-refractivity contribution in [1.82, 2.24) is 0 Å². The minimum absolute atomic E-state index is 0.269. The predicted molar refractivity (Wildman–Crippen MR) is 102 cm³/mol. The van der Waals surface area contributed by atoms with E-state index in [4.69, 9.17) is 9.84 Å². The van der Waals surface area contributed by atoms with Gasteiger partial charge in [-0.2, -0.15) is 0 Å². The Bertz CT molecular complexity index is 472. The van der Waals surface area contributed by atoms with Gasteiger partial charge in [0.1, 0.15) is 0 Å². The second-order valence-electron chi connectivity index (χ2n) is 5.72. The lowest BCUT2D eigenvalue weighted by Gasteiger charge is -2.07. The Morgan fingerprint density at radius 2 is 1.40 bits per heavy atom. The number of rotatable bonds is 14. The van der Waals surface area contributed by atoms with E-state index in [-0.39, 0.29) is 6.42 Å². The summed E-state index contributed by atoms with van der Waals surface area (Å²) < 4.78 is 4.76. The highest BCUT2D eigenvalue weighted by molar-refractivity contribution is 5.77. The number of ether oxygens (including phenoxy) is 1. The number of carbonyl (C=O) groups is 2. The lowest BCUT2D eigenvalue weighted by Crippen LogP contribution is -2.23. The number of unbranched alkanes of at least 4 members (excludes halogenated alkanes) is 2. The van der Waals surface area contributed by atoms with Crippen molar-refractivity contribution in [2.75, 3.05) is 0 Å². The first-order chi connectivity index (χ1) is 12.1. The molecule has 0 aliphatic carbocycles. The van der Waals surface area contributed by atoms with Crippen molar-refractivity contribution in [3.8, 4) is 0 Å². The van der Waals surface area contributed by atoms with E-state index in [1.54, 1.807) is 0 Å². The maximum absolute atomic E-state index is 11.4. The molecule has 4 heteroatoms. The summed E-state index contributed by atoms with van der Waals surface area (Å²) >= 11 is 0. The normalized spacial score (nSPS) is 13.4. The van der Waals surface area contributed by atoms with Gasteiger partial charge in [-0.3, -0.25) is 4.79 Å². The Morgan fingerprint density at radius 3 is 1.92 bits per heavy atom. The van der Waals surface area contributed by atoms with Crippen molar-refractivity contribution in [2.45, 2.75) is 71.3 Å². The minimum atomic E-state index is -1.12. The molecule has 0 aliphatic heterocycles. The van der Waals surface area contributed by atoms with Crippen LogP contribution >= 0.6 is 0 Å². The van der Waals surface area contributed by atoms with E-state index in [2.05, 4.69) is 55.5 Å². The van der Waals surface area contributed by atoms with E-state index < -0.39 is 18.0 Å². The summed E-state index contributed by atoms with van der Waals surface area (Å²) in [7, 11) is 0. The van der Waals surface area contributed by atoms with Crippen LogP contribution in [0.3, 0.4) is 0 Å². The Labute approximate surface area is 152 Å². The molecule has 0 aromatic rings. The second-order valence-corrected chi connectivity index (χ2v) is 5.72. The van der Waals surface area contributed by atoms with Crippen LogP contribution in [0.4, 0.5) is 0 Å². The molecule has 0 spiro atoms. The van der Waals surface area contributed by atoms with Gasteiger partial charge in [-0.05, 0) is 51.9 Å². The molecule has 25 heavy (non-hydrogen) atoms. The monoisotopic (exact) mass is 348 g/mol. The van der Waals surface area contributed by atoms with Gasteiger partial charge in [0.2, 0.25) is 0 Å². The zero-order valence-electron chi connectivity index (χ0n) is 15.5. The van der Waals surface area contributed by atoms with Crippen molar-refractivity contribution in [1.29, 1.82) is 0 Å². The average Bonchev–Trinajstić information content (AvgIpc) is 2.58. The minimum Gasteiger partial charge on any atom is -0.479 e. The third kappa shape index (κ3) is 16.5. The first-order valence-corrected chi connectivity index (χ1v) is 9.10. The van der Waals surface area contributed by atoms with Gasteiger partial charge in [0.05, 0.1) is 0 Å². The van der Waals surface area contributed by atoms with Crippen LogP contribution in [0.1, 0.15) is 65.2 Å². The maximum atomic E-state index is 11.4. The van der Waals surface area contributed by atoms with Crippen molar-refractivity contribution in [3.63, 3.8) is 0 Å². The molecule has 0 aromatic carbocycles. The van der Waals surface area contributed by atoms with Crippen LogP contribution in [0.25, 0.3) is 0 Å². The van der Waals surface area contributed by atoms with Crippen molar-refractivity contribution >= 4 is 11.9 Å². The smallest absolute Gasteiger partial charge is 0.344 e. The average molecular weight is 348 g/mol. The van der Waals surface area contributed by atoms with E-state index in [1.807, 2.05) is 0 Å². The summed E-state index contributed by atoms with van der Waals surface area (Å²) in [6.07, 6.45) is 22.9. The highest BCUT2D eigenvalue weighted by Crippen LogP contribution is 2.04. The summed E-state index contributed by atoms with van der Waals surface area (Å²) in [5, 5.41) is 8.64. The van der Waals surface area contributed by atoms with Crippen LogP contribution in [0.5, 0.6) is 0 Å². The Kier molecular flexibility index (Phi) is 15.3. The molecule has 0 fully saturated rings. The Morgan fingerprint density at radius 1 is 0.880 bits per heavy atom. The number of allylic oxidation sites excluding steroid dienone is 8. The Hall–Kier alpha value is -2.10. The third-order valence-corrected chi connectivity index (χ3v) is 3.38. The Balaban J connectivity index is 3.54. The number of carboxylic acid groups (broad SMARTS) is 1. The first-order valence-electron chi connectivity index (χ1n) is 9.10. The van der Waals surface area contributed by atoms with E-state index in [1.165, 1.54) is 6.92 Å². The van der Waals surface area contributed by atoms with E-state index in [0.29, 0.717) is 6.42 Å². The van der Waals surface area contributed by atoms with Gasteiger partial charge in [-0.1, -0.05) is 55.5 Å². The molecule has 0 aromatic heterocycles. The number of carboxylic acids is 1. The zero-order valence-corrected chi connectivity index (χ0v) is 15.5. The third-order valence-electron chi connectivity index (χ3n) is 3.38. The molecule has 1 unspecified atom stereocenters. The van der Waals surface area contributed by atoms with E-state index >= 15 is 0 Å². The summed E-state index contributed by atoms with van der Waals surface area (Å²) in [4.78, 5) is 21.9. The van der Waals surface area contributed by atoms with Crippen LogP contribution in [0.2, 0.25) is 0 Å². The number of esters is 1. The van der Waals surface area contributed by atoms with Crippen LogP contribution in [-0.2, 0) is 14.3 Å². The molecule has 0 saturated carbocycles. The zero-order chi connectivity index (χ0) is 18.8. The number of aliphatic carboxylic acids is 1. The summed E-state index contributed by atoms with van der Waals surface area (Å²) in [5.41, 5.74) is 0. The quantitative estimate of drug-likeness (QED) is 0.260. The molecule has 140 valence electrons. The molecule has 0 amide bonds. The molecule has 0 rings (SSSR count). The number of hydrogen-bond donors (Lipinski definition) is 1. The first kappa shape index (κ1) is 22.9. The summed E-state index contributed by atoms with van der Waals surface area (Å²) in [6.45, 7) is 3.49. The highest BCUT2D eigenvalue weighted by atomic mass is 16.6.